The predicted octanol–water partition coefficient (Wildman–Crippen LogP) is 7.79. The first kappa shape index (κ1) is 24.0. The molecule has 35 heavy (non-hydrogen) atoms. The molecule has 180 valence electrons. The number of alkyl halides is 3. The van der Waals surface area contributed by atoms with Gasteiger partial charge in [0, 0.05) is 28.2 Å². The molecule has 1 aliphatic heterocycles. The van der Waals surface area contributed by atoms with Crippen LogP contribution in [0.15, 0.2) is 63.8 Å². The van der Waals surface area contributed by atoms with Crippen molar-refractivity contribution in [2.45, 2.75) is 19.3 Å². The van der Waals surface area contributed by atoms with E-state index in [0.29, 0.717) is 32.9 Å². The topological polar surface area (TPSA) is 42.7 Å². The number of nitrogens with zero attached hydrogens (tertiary/aromatic N) is 1. The van der Waals surface area contributed by atoms with Gasteiger partial charge in [-0.2, -0.15) is 13.2 Å². The molecule has 0 unspecified atom stereocenters. The van der Waals surface area contributed by atoms with Crippen LogP contribution in [0.1, 0.15) is 16.9 Å². The summed E-state index contributed by atoms with van der Waals surface area (Å²) < 4.78 is 53.4. The van der Waals surface area contributed by atoms with Crippen molar-refractivity contribution in [2.75, 3.05) is 6.73 Å². The quantitative estimate of drug-likeness (QED) is 0.266. The van der Waals surface area contributed by atoms with Gasteiger partial charge in [-0.15, -0.1) is 0 Å². The van der Waals surface area contributed by atoms with E-state index >= 15 is 0 Å². The molecule has 4 nitrogen and oxygen atoms in total. The second-order valence-electron chi connectivity index (χ2n) is 8.06. The Morgan fingerprint density at radius 2 is 1.66 bits per heavy atom. The molecule has 2 heterocycles. The van der Waals surface area contributed by atoms with Crippen molar-refractivity contribution in [3.63, 3.8) is 0 Å². The van der Waals surface area contributed by atoms with Crippen LogP contribution in [0.5, 0.6) is 5.75 Å². The Kier molecular flexibility index (Phi) is 6.21. The van der Waals surface area contributed by atoms with Crippen molar-refractivity contribution in [1.82, 2.24) is 4.90 Å². The van der Waals surface area contributed by atoms with Crippen LogP contribution in [0.3, 0.4) is 0 Å². The zero-order valence-electron chi connectivity index (χ0n) is 17.8. The number of halogens is 6. The lowest BCUT2D eigenvalue weighted by Gasteiger charge is -2.29. The molecule has 10 heteroatoms. The van der Waals surface area contributed by atoms with E-state index < -0.39 is 22.9 Å². The summed E-state index contributed by atoms with van der Waals surface area (Å²) in [5.74, 6) is -1.02. The highest BCUT2D eigenvalue weighted by Crippen LogP contribution is 2.40. The van der Waals surface area contributed by atoms with Crippen molar-refractivity contribution >= 4 is 45.8 Å². The predicted molar refractivity (Wildman–Crippen MR) is 129 cm³/mol. The zero-order chi connectivity index (χ0) is 24.9. The largest absolute Gasteiger partial charge is 0.478 e. The summed E-state index contributed by atoms with van der Waals surface area (Å²) >= 11 is 18.1. The highest BCUT2D eigenvalue weighted by atomic mass is 35.5. The van der Waals surface area contributed by atoms with E-state index in [2.05, 4.69) is 0 Å². The molecule has 1 aromatic heterocycles. The number of hydrogen-bond donors (Lipinski definition) is 0. The molecule has 0 N–H and O–H groups in total. The standard InChI is InChI=1S/C25H15Cl3F3NO3/c26-15-4-1-13(2-5-15)21-22(33)17-7-8-20-18(23(17)35-24(21)25(29,30)31)11-32(12-34-20)10-14-3-6-16(27)9-19(14)28/h1-9H,10-12H2. The first-order valence-electron chi connectivity index (χ1n) is 10.4. The molecule has 1 aliphatic rings. The van der Waals surface area contributed by atoms with Crippen molar-refractivity contribution in [3.05, 3.63) is 96.8 Å². The van der Waals surface area contributed by atoms with Gasteiger partial charge in [0.2, 0.25) is 11.2 Å². The van der Waals surface area contributed by atoms with Gasteiger partial charge in [-0.25, -0.2) is 0 Å². The van der Waals surface area contributed by atoms with E-state index in [0.717, 1.165) is 5.56 Å². The van der Waals surface area contributed by atoms with Crippen molar-refractivity contribution < 1.29 is 22.3 Å². The van der Waals surface area contributed by atoms with Gasteiger partial charge in [-0.3, -0.25) is 9.69 Å². The van der Waals surface area contributed by atoms with Gasteiger partial charge >= 0.3 is 6.18 Å². The minimum absolute atomic E-state index is 0.0247. The Hall–Kier alpha value is -2.71. The zero-order valence-corrected chi connectivity index (χ0v) is 20.0. The monoisotopic (exact) mass is 539 g/mol. The third-order valence-corrected chi connectivity index (χ3v) is 6.54. The minimum Gasteiger partial charge on any atom is -0.478 e. The number of benzene rings is 3. The fourth-order valence-corrected chi connectivity index (χ4v) is 4.68. The first-order chi connectivity index (χ1) is 16.6. The Morgan fingerprint density at radius 1 is 0.943 bits per heavy atom. The van der Waals surface area contributed by atoms with Crippen LogP contribution in [0.4, 0.5) is 13.2 Å². The highest BCUT2D eigenvalue weighted by molar-refractivity contribution is 6.35. The van der Waals surface area contributed by atoms with Crippen LogP contribution >= 0.6 is 34.8 Å². The molecule has 0 atom stereocenters. The average molecular weight is 541 g/mol. The number of fused-ring (bicyclic) bond motifs is 3. The van der Waals surface area contributed by atoms with Gasteiger partial charge in [0.15, 0.2) is 0 Å². The molecule has 0 radical (unpaired) electrons. The fourth-order valence-electron chi connectivity index (χ4n) is 4.08. The molecular weight excluding hydrogens is 526 g/mol. The summed E-state index contributed by atoms with van der Waals surface area (Å²) in [6.45, 7) is 0.716. The lowest BCUT2D eigenvalue weighted by molar-refractivity contribution is -0.152. The molecular formula is C25H15Cl3F3NO3. The van der Waals surface area contributed by atoms with Gasteiger partial charge in [-0.05, 0) is 47.5 Å². The molecule has 0 aliphatic carbocycles. The second kappa shape index (κ2) is 9.06. The normalized spacial score (nSPS) is 14.1. The maximum atomic E-state index is 14.1. The number of ether oxygens (including phenoxy) is 1. The summed E-state index contributed by atoms with van der Waals surface area (Å²) in [5.41, 5.74) is -0.339. The van der Waals surface area contributed by atoms with E-state index in [9.17, 15) is 18.0 Å². The molecule has 5 rings (SSSR count). The van der Waals surface area contributed by atoms with Crippen LogP contribution in [-0.2, 0) is 19.3 Å². The summed E-state index contributed by atoms with van der Waals surface area (Å²) in [6.07, 6.45) is -4.91. The van der Waals surface area contributed by atoms with Crippen molar-refractivity contribution in [3.8, 4) is 16.9 Å². The van der Waals surface area contributed by atoms with Crippen LogP contribution in [-0.4, -0.2) is 11.6 Å². The summed E-state index contributed by atoms with van der Waals surface area (Å²) in [6, 6.07) is 13.6. The SMILES string of the molecule is O=c1c(-c2ccc(Cl)cc2)c(C(F)(F)F)oc2c3c(ccc12)OCN(Cc1ccc(Cl)cc1Cl)C3. The molecule has 0 saturated heterocycles. The molecule has 0 spiro atoms. The Morgan fingerprint density at radius 3 is 2.34 bits per heavy atom. The Balaban J connectivity index is 1.63. The van der Waals surface area contributed by atoms with Crippen LogP contribution in [0.2, 0.25) is 15.1 Å². The van der Waals surface area contributed by atoms with E-state index in [4.69, 9.17) is 44.0 Å². The summed E-state index contributed by atoms with van der Waals surface area (Å²) in [5, 5.41) is 1.30. The lowest BCUT2D eigenvalue weighted by atomic mass is 10.00. The van der Waals surface area contributed by atoms with Gasteiger partial charge < -0.3 is 9.15 Å². The third kappa shape index (κ3) is 4.61. The van der Waals surface area contributed by atoms with Gasteiger partial charge in [0.05, 0.1) is 16.5 Å². The minimum atomic E-state index is -4.91. The van der Waals surface area contributed by atoms with E-state index in [1.807, 2.05) is 4.90 Å². The molecule has 0 fully saturated rings. The first-order valence-corrected chi connectivity index (χ1v) is 11.5. The van der Waals surface area contributed by atoms with E-state index in [1.54, 1.807) is 24.3 Å². The van der Waals surface area contributed by atoms with E-state index in [-0.39, 0.29) is 29.8 Å². The van der Waals surface area contributed by atoms with E-state index in [1.165, 1.54) is 30.3 Å². The van der Waals surface area contributed by atoms with Gasteiger partial charge in [0.1, 0.15) is 18.1 Å². The molecule has 0 bridgehead atoms. The van der Waals surface area contributed by atoms with Crippen molar-refractivity contribution in [2.24, 2.45) is 0 Å². The second-order valence-corrected chi connectivity index (χ2v) is 9.34. The average Bonchev–Trinajstić information content (AvgIpc) is 2.81. The highest BCUT2D eigenvalue weighted by Gasteiger charge is 2.40. The third-order valence-electron chi connectivity index (χ3n) is 5.70. The van der Waals surface area contributed by atoms with Gasteiger partial charge in [-0.1, -0.05) is 53.0 Å². The number of hydrogen-bond acceptors (Lipinski definition) is 4. The van der Waals surface area contributed by atoms with Crippen LogP contribution < -0.4 is 10.2 Å². The maximum absolute atomic E-state index is 14.1. The lowest BCUT2D eigenvalue weighted by Crippen LogP contribution is -2.32. The van der Waals surface area contributed by atoms with Gasteiger partial charge in [0.25, 0.3) is 0 Å². The Bertz CT molecular complexity index is 1500. The molecule has 0 amide bonds. The van der Waals surface area contributed by atoms with Crippen LogP contribution in [0, 0.1) is 0 Å². The Labute approximate surface area is 212 Å². The molecule has 0 saturated carbocycles. The van der Waals surface area contributed by atoms with Crippen LogP contribution in [0.25, 0.3) is 22.1 Å². The molecule has 3 aromatic carbocycles. The molecule has 4 aromatic rings. The smallest absolute Gasteiger partial charge is 0.450 e. The fraction of sp³-hybridized carbons (Fsp3) is 0.160. The maximum Gasteiger partial charge on any atom is 0.450 e. The van der Waals surface area contributed by atoms with Crippen molar-refractivity contribution in [1.29, 1.82) is 0 Å². The number of rotatable bonds is 3. The summed E-state index contributed by atoms with van der Waals surface area (Å²) in [7, 11) is 0. The summed E-state index contributed by atoms with van der Waals surface area (Å²) in [4.78, 5) is 15.2.